The average molecular weight is 312 g/mol. The summed E-state index contributed by atoms with van der Waals surface area (Å²) in [5.74, 6) is 1.00. The van der Waals surface area contributed by atoms with Gasteiger partial charge in [-0.1, -0.05) is 17.7 Å². The van der Waals surface area contributed by atoms with Crippen molar-refractivity contribution in [3.8, 4) is 5.75 Å². The van der Waals surface area contributed by atoms with Crippen LogP contribution < -0.4 is 4.74 Å². The minimum Gasteiger partial charge on any atom is -0.493 e. The zero-order chi connectivity index (χ0) is 15.5. The van der Waals surface area contributed by atoms with Gasteiger partial charge in [0.2, 0.25) is 0 Å². The summed E-state index contributed by atoms with van der Waals surface area (Å²) in [7, 11) is 1.43. The molecule has 1 aromatic rings. The van der Waals surface area contributed by atoms with E-state index in [1.165, 1.54) is 7.11 Å². The Hall–Kier alpha value is -1.26. The van der Waals surface area contributed by atoms with E-state index in [0.29, 0.717) is 17.5 Å². The molecule has 5 heteroatoms. The van der Waals surface area contributed by atoms with Crippen molar-refractivity contribution in [1.29, 1.82) is 0 Å². The number of nitrogens with zero attached hydrogens (tertiary/aromatic N) is 1. The molecule has 1 heterocycles. The Morgan fingerprint density at radius 3 is 2.90 bits per heavy atom. The molecule has 1 saturated heterocycles. The average Bonchev–Trinajstić information content (AvgIpc) is 2.94. The maximum atomic E-state index is 11.8. The number of carbonyl (C=O) groups is 1. The second-order valence-electron chi connectivity index (χ2n) is 5.92. The summed E-state index contributed by atoms with van der Waals surface area (Å²) in [6, 6.07) is 7.41. The van der Waals surface area contributed by atoms with Gasteiger partial charge in [-0.25, -0.2) is 0 Å². The van der Waals surface area contributed by atoms with E-state index < -0.39 is 5.54 Å². The van der Waals surface area contributed by atoms with E-state index in [1.54, 1.807) is 0 Å². The highest BCUT2D eigenvalue weighted by atomic mass is 35.5. The molecule has 1 aliphatic heterocycles. The number of esters is 1. The standard InChI is InChI=1S/C16H22ClNO3/c1-16(2,15(19)20-3)18-8-7-12(10-18)11-21-14-6-4-5-13(17)9-14/h4-6,9,12H,7-8,10-11H2,1-3H3/t12-/m1/s1. The lowest BCUT2D eigenvalue weighted by Gasteiger charge is -2.32. The van der Waals surface area contributed by atoms with Gasteiger partial charge in [0.05, 0.1) is 13.7 Å². The zero-order valence-electron chi connectivity index (χ0n) is 12.8. The first kappa shape index (κ1) is 16.1. The molecule has 1 aromatic carbocycles. The summed E-state index contributed by atoms with van der Waals surface area (Å²) in [5, 5.41) is 0.673. The van der Waals surface area contributed by atoms with Gasteiger partial charge in [-0.05, 0) is 45.0 Å². The Balaban J connectivity index is 1.87. The highest BCUT2D eigenvalue weighted by Gasteiger charge is 2.39. The Kier molecular flexibility index (Phi) is 5.12. The highest BCUT2D eigenvalue weighted by Crippen LogP contribution is 2.27. The molecule has 0 spiro atoms. The topological polar surface area (TPSA) is 38.8 Å². The molecule has 0 amide bonds. The third kappa shape index (κ3) is 3.89. The van der Waals surface area contributed by atoms with Crippen LogP contribution in [0.1, 0.15) is 20.3 Å². The summed E-state index contributed by atoms with van der Waals surface area (Å²) in [4.78, 5) is 14.0. The second kappa shape index (κ2) is 6.67. The first-order chi connectivity index (χ1) is 9.93. The molecular weight excluding hydrogens is 290 g/mol. The maximum absolute atomic E-state index is 11.8. The number of carbonyl (C=O) groups excluding carboxylic acids is 1. The smallest absolute Gasteiger partial charge is 0.325 e. The molecule has 0 radical (unpaired) electrons. The summed E-state index contributed by atoms with van der Waals surface area (Å²) in [6.45, 7) is 6.15. The Labute approximate surface area is 131 Å². The normalized spacial score (nSPS) is 19.5. The molecule has 0 saturated carbocycles. The number of hydrogen-bond donors (Lipinski definition) is 0. The minimum atomic E-state index is -0.584. The van der Waals surface area contributed by atoms with Gasteiger partial charge in [-0.2, -0.15) is 0 Å². The van der Waals surface area contributed by atoms with Crippen molar-refractivity contribution in [2.75, 3.05) is 26.8 Å². The van der Waals surface area contributed by atoms with E-state index in [1.807, 2.05) is 38.1 Å². The van der Waals surface area contributed by atoms with E-state index >= 15 is 0 Å². The summed E-state index contributed by atoms with van der Waals surface area (Å²) < 4.78 is 10.7. The molecule has 2 rings (SSSR count). The number of ether oxygens (including phenoxy) is 2. The molecule has 1 aliphatic rings. The van der Waals surface area contributed by atoms with Crippen LogP contribution in [-0.2, 0) is 9.53 Å². The van der Waals surface area contributed by atoms with Crippen molar-refractivity contribution in [1.82, 2.24) is 4.90 Å². The van der Waals surface area contributed by atoms with Crippen LogP contribution in [0.2, 0.25) is 5.02 Å². The van der Waals surface area contributed by atoms with Gasteiger partial charge >= 0.3 is 5.97 Å². The van der Waals surface area contributed by atoms with Crippen molar-refractivity contribution < 1.29 is 14.3 Å². The molecule has 21 heavy (non-hydrogen) atoms. The van der Waals surface area contributed by atoms with Gasteiger partial charge in [0, 0.05) is 17.5 Å². The van der Waals surface area contributed by atoms with Crippen LogP contribution in [0, 0.1) is 5.92 Å². The van der Waals surface area contributed by atoms with Gasteiger partial charge < -0.3 is 9.47 Å². The number of benzene rings is 1. The zero-order valence-corrected chi connectivity index (χ0v) is 13.5. The van der Waals surface area contributed by atoms with Gasteiger partial charge in [-0.15, -0.1) is 0 Å². The number of hydrogen-bond acceptors (Lipinski definition) is 4. The van der Waals surface area contributed by atoms with Crippen LogP contribution in [-0.4, -0.2) is 43.2 Å². The van der Waals surface area contributed by atoms with E-state index in [4.69, 9.17) is 21.1 Å². The fourth-order valence-corrected chi connectivity index (χ4v) is 2.81. The van der Waals surface area contributed by atoms with Gasteiger partial charge in [-0.3, -0.25) is 9.69 Å². The second-order valence-corrected chi connectivity index (χ2v) is 6.36. The maximum Gasteiger partial charge on any atom is 0.325 e. The quantitative estimate of drug-likeness (QED) is 0.784. The van der Waals surface area contributed by atoms with Crippen molar-refractivity contribution in [2.45, 2.75) is 25.8 Å². The Bertz CT molecular complexity index is 504. The molecular formula is C16H22ClNO3. The van der Waals surface area contributed by atoms with Crippen molar-refractivity contribution in [3.05, 3.63) is 29.3 Å². The SMILES string of the molecule is COC(=O)C(C)(C)N1CC[C@@H](COc2cccc(Cl)c2)C1. The third-order valence-corrected chi connectivity index (χ3v) is 4.28. The van der Waals surface area contributed by atoms with Crippen LogP contribution in [0.3, 0.4) is 0 Å². The fourth-order valence-electron chi connectivity index (χ4n) is 2.63. The van der Waals surface area contributed by atoms with Crippen LogP contribution in [0.25, 0.3) is 0 Å². The van der Waals surface area contributed by atoms with Gasteiger partial charge in [0.15, 0.2) is 0 Å². The monoisotopic (exact) mass is 311 g/mol. The number of likely N-dealkylation sites (tertiary alicyclic amines) is 1. The lowest BCUT2D eigenvalue weighted by atomic mass is 10.0. The van der Waals surface area contributed by atoms with E-state index in [0.717, 1.165) is 25.3 Å². The van der Waals surface area contributed by atoms with Gasteiger partial charge in [0.1, 0.15) is 11.3 Å². The molecule has 4 nitrogen and oxygen atoms in total. The van der Waals surface area contributed by atoms with E-state index in [2.05, 4.69) is 4.90 Å². The van der Waals surface area contributed by atoms with Crippen molar-refractivity contribution >= 4 is 17.6 Å². The summed E-state index contributed by atoms with van der Waals surface area (Å²) in [6.07, 6.45) is 1.01. The first-order valence-corrected chi connectivity index (χ1v) is 7.53. The predicted molar refractivity (Wildman–Crippen MR) is 82.7 cm³/mol. The van der Waals surface area contributed by atoms with E-state index in [9.17, 15) is 4.79 Å². The third-order valence-electron chi connectivity index (χ3n) is 4.04. The lowest BCUT2D eigenvalue weighted by molar-refractivity contribution is -0.152. The van der Waals surface area contributed by atoms with Gasteiger partial charge in [0.25, 0.3) is 0 Å². The largest absolute Gasteiger partial charge is 0.493 e. The molecule has 0 N–H and O–H groups in total. The lowest BCUT2D eigenvalue weighted by Crippen LogP contribution is -2.49. The Morgan fingerprint density at radius 2 is 2.24 bits per heavy atom. The number of methoxy groups -OCH3 is 1. The van der Waals surface area contributed by atoms with Crippen molar-refractivity contribution in [2.24, 2.45) is 5.92 Å². The minimum absolute atomic E-state index is 0.195. The summed E-state index contributed by atoms with van der Waals surface area (Å²) >= 11 is 5.93. The number of rotatable bonds is 5. The molecule has 1 fully saturated rings. The molecule has 0 aliphatic carbocycles. The van der Waals surface area contributed by atoms with Crippen LogP contribution in [0.5, 0.6) is 5.75 Å². The molecule has 1 atom stereocenters. The first-order valence-electron chi connectivity index (χ1n) is 7.15. The van der Waals surface area contributed by atoms with Crippen molar-refractivity contribution in [3.63, 3.8) is 0 Å². The number of halogens is 1. The fraction of sp³-hybridized carbons (Fsp3) is 0.562. The molecule has 0 aromatic heterocycles. The highest BCUT2D eigenvalue weighted by molar-refractivity contribution is 6.30. The predicted octanol–water partition coefficient (Wildman–Crippen LogP) is 2.99. The molecule has 116 valence electrons. The molecule has 0 bridgehead atoms. The summed E-state index contributed by atoms with van der Waals surface area (Å²) in [5.41, 5.74) is -0.584. The molecule has 0 unspecified atom stereocenters. The van der Waals surface area contributed by atoms with Crippen LogP contribution in [0.15, 0.2) is 24.3 Å². The van der Waals surface area contributed by atoms with Crippen LogP contribution >= 0.6 is 11.6 Å². The van der Waals surface area contributed by atoms with E-state index in [-0.39, 0.29) is 5.97 Å². The Morgan fingerprint density at radius 1 is 1.48 bits per heavy atom. The van der Waals surface area contributed by atoms with Crippen LogP contribution in [0.4, 0.5) is 0 Å².